The van der Waals surface area contributed by atoms with E-state index in [0.29, 0.717) is 11.3 Å². The van der Waals surface area contributed by atoms with E-state index in [1.165, 1.54) is 7.11 Å². The number of phenols is 1. The SMILES string of the molecule is C=C(C)C(=O)OC/C=C/c1ccc(O)c(OC)c1. The molecule has 4 nitrogen and oxygen atoms in total. The van der Waals surface area contributed by atoms with Gasteiger partial charge in [-0.2, -0.15) is 0 Å². The van der Waals surface area contributed by atoms with Gasteiger partial charge in [0.2, 0.25) is 0 Å². The molecule has 0 radical (unpaired) electrons. The van der Waals surface area contributed by atoms with Crippen molar-refractivity contribution in [2.24, 2.45) is 0 Å². The molecule has 1 N–H and O–H groups in total. The maximum atomic E-state index is 11.1. The summed E-state index contributed by atoms with van der Waals surface area (Å²) in [7, 11) is 1.48. The minimum atomic E-state index is -0.414. The molecule has 0 aliphatic heterocycles. The molecule has 0 aliphatic rings. The number of esters is 1. The quantitative estimate of drug-likeness (QED) is 0.642. The summed E-state index contributed by atoms with van der Waals surface area (Å²) in [6.45, 7) is 5.25. The second-order valence-corrected chi connectivity index (χ2v) is 3.71. The van der Waals surface area contributed by atoms with E-state index in [9.17, 15) is 9.90 Å². The summed E-state index contributed by atoms with van der Waals surface area (Å²) in [6, 6.07) is 4.96. The molecule has 1 aromatic carbocycles. The van der Waals surface area contributed by atoms with Gasteiger partial charge in [0.1, 0.15) is 6.61 Å². The molecular formula is C14H16O4. The van der Waals surface area contributed by atoms with Crippen molar-refractivity contribution in [3.63, 3.8) is 0 Å². The van der Waals surface area contributed by atoms with Gasteiger partial charge in [0.15, 0.2) is 11.5 Å². The monoisotopic (exact) mass is 248 g/mol. The van der Waals surface area contributed by atoms with Crippen LogP contribution in [0.25, 0.3) is 6.08 Å². The Morgan fingerprint density at radius 2 is 2.22 bits per heavy atom. The van der Waals surface area contributed by atoms with E-state index in [2.05, 4.69) is 6.58 Å². The van der Waals surface area contributed by atoms with Crippen LogP contribution in [-0.4, -0.2) is 24.8 Å². The highest BCUT2D eigenvalue weighted by Crippen LogP contribution is 2.26. The Morgan fingerprint density at radius 3 is 2.83 bits per heavy atom. The molecule has 0 bridgehead atoms. The van der Waals surface area contributed by atoms with Crippen molar-refractivity contribution in [1.29, 1.82) is 0 Å². The molecule has 1 aromatic rings. The number of rotatable bonds is 5. The zero-order valence-corrected chi connectivity index (χ0v) is 10.5. The van der Waals surface area contributed by atoms with Gasteiger partial charge in [-0.05, 0) is 30.7 Å². The maximum absolute atomic E-state index is 11.1. The van der Waals surface area contributed by atoms with Crippen LogP contribution in [0.5, 0.6) is 11.5 Å². The smallest absolute Gasteiger partial charge is 0.333 e. The van der Waals surface area contributed by atoms with Crippen LogP contribution in [0.2, 0.25) is 0 Å². The lowest BCUT2D eigenvalue weighted by molar-refractivity contribution is -0.137. The summed E-state index contributed by atoms with van der Waals surface area (Å²) in [5, 5.41) is 9.41. The van der Waals surface area contributed by atoms with Crippen LogP contribution in [0, 0.1) is 0 Å². The summed E-state index contributed by atoms with van der Waals surface area (Å²) in [5.74, 6) is 0.0716. The van der Waals surface area contributed by atoms with Gasteiger partial charge in [-0.25, -0.2) is 4.79 Å². The van der Waals surface area contributed by atoms with Crippen LogP contribution in [0.15, 0.2) is 36.4 Å². The largest absolute Gasteiger partial charge is 0.504 e. The Balaban J connectivity index is 2.57. The Hall–Kier alpha value is -2.23. The Kier molecular flexibility index (Phi) is 4.99. The van der Waals surface area contributed by atoms with Gasteiger partial charge in [-0.3, -0.25) is 0 Å². The first kappa shape index (κ1) is 13.8. The fraction of sp³-hybridized carbons (Fsp3) is 0.214. The summed E-state index contributed by atoms with van der Waals surface area (Å²) in [4.78, 5) is 11.1. The summed E-state index contributed by atoms with van der Waals surface area (Å²) in [6.07, 6.45) is 3.47. The van der Waals surface area contributed by atoms with Crippen LogP contribution >= 0.6 is 0 Å². The molecule has 96 valence electrons. The number of phenolic OH excluding ortho intramolecular Hbond substituents is 1. The number of carbonyl (C=O) groups excluding carboxylic acids is 1. The van der Waals surface area contributed by atoms with Gasteiger partial charge in [-0.15, -0.1) is 0 Å². The van der Waals surface area contributed by atoms with Crippen molar-refractivity contribution in [2.45, 2.75) is 6.92 Å². The topological polar surface area (TPSA) is 55.8 Å². The number of hydrogen-bond acceptors (Lipinski definition) is 4. The first-order valence-electron chi connectivity index (χ1n) is 5.40. The molecule has 0 fully saturated rings. The van der Waals surface area contributed by atoms with E-state index in [4.69, 9.17) is 9.47 Å². The number of aromatic hydroxyl groups is 1. The first-order valence-corrected chi connectivity index (χ1v) is 5.40. The Bertz CT molecular complexity index is 475. The molecule has 4 heteroatoms. The van der Waals surface area contributed by atoms with Crippen molar-refractivity contribution >= 4 is 12.0 Å². The van der Waals surface area contributed by atoms with Crippen molar-refractivity contribution in [1.82, 2.24) is 0 Å². The first-order chi connectivity index (χ1) is 8.54. The Labute approximate surface area is 106 Å². The molecule has 0 heterocycles. The lowest BCUT2D eigenvalue weighted by Crippen LogP contribution is -2.04. The molecule has 0 amide bonds. The second kappa shape index (κ2) is 6.49. The predicted molar refractivity (Wildman–Crippen MR) is 69.5 cm³/mol. The molecule has 18 heavy (non-hydrogen) atoms. The van der Waals surface area contributed by atoms with E-state index in [-0.39, 0.29) is 12.4 Å². The standard InChI is InChI=1S/C14H16O4/c1-10(2)14(16)18-8-4-5-11-6-7-12(15)13(9-11)17-3/h4-7,9,15H,1,8H2,2-3H3/b5-4+. The van der Waals surface area contributed by atoms with E-state index in [1.54, 1.807) is 37.3 Å². The van der Waals surface area contributed by atoms with Crippen LogP contribution in [0.3, 0.4) is 0 Å². The third kappa shape index (κ3) is 3.97. The number of methoxy groups -OCH3 is 1. The fourth-order valence-corrected chi connectivity index (χ4v) is 1.23. The lowest BCUT2D eigenvalue weighted by atomic mass is 10.2. The van der Waals surface area contributed by atoms with Crippen LogP contribution in [0.4, 0.5) is 0 Å². The number of carbonyl (C=O) groups is 1. The summed E-state index contributed by atoms with van der Waals surface area (Å²) in [5.41, 5.74) is 1.21. The van der Waals surface area contributed by atoms with Gasteiger partial charge in [0.05, 0.1) is 7.11 Å². The van der Waals surface area contributed by atoms with E-state index < -0.39 is 5.97 Å². The minimum absolute atomic E-state index is 0.0864. The Morgan fingerprint density at radius 1 is 1.50 bits per heavy atom. The van der Waals surface area contributed by atoms with Crippen molar-refractivity contribution in [2.75, 3.05) is 13.7 Å². The van der Waals surface area contributed by atoms with Crippen molar-refractivity contribution < 1.29 is 19.4 Å². The van der Waals surface area contributed by atoms with Crippen LogP contribution < -0.4 is 4.74 Å². The van der Waals surface area contributed by atoms with Crippen LogP contribution in [-0.2, 0) is 9.53 Å². The molecule has 0 unspecified atom stereocenters. The number of benzene rings is 1. The van der Waals surface area contributed by atoms with E-state index >= 15 is 0 Å². The van der Waals surface area contributed by atoms with Gasteiger partial charge in [0.25, 0.3) is 0 Å². The van der Waals surface area contributed by atoms with Crippen molar-refractivity contribution in [3.8, 4) is 11.5 Å². The number of ether oxygens (including phenoxy) is 2. The molecular weight excluding hydrogens is 232 g/mol. The highest BCUT2D eigenvalue weighted by molar-refractivity contribution is 5.87. The zero-order chi connectivity index (χ0) is 13.5. The molecule has 0 aromatic heterocycles. The fourth-order valence-electron chi connectivity index (χ4n) is 1.23. The van der Waals surface area contributed by atoms with E-state index in [0.717, 1.165) is 5.56 Å². The highest BCUT2D eigenvalue weighted by atomic mass is 16.5. The van der Waals surface area contributed by atoms with Gasteiger partial charge < -0.3 is 14.6 Å². The third-order valence-electron chi connectivity index (χ3n) is 2.17. The van der Waals surface area contributed by atoms with Gasteiger partial charge >= 0.3 is 5.97 Å². The molecule has 0 saturated heterocycles. The average molecular weight is 248 g/mol. The lowest BCUT2D eigenvalue weighted by Gasteiger charge is -2.04. The third-order valence-corrected chi connectivity index (χ3v) is 2.17. The molecule has 1 rings (SSSR count). The number of hydrogen-bond donors (Lipinski definition) is 1. The molecule has 0 atom stereocenters. The maximum Gasteiger partial charge on any atom is 0.333 e. The normalized spacial score (nSPS) is 10.3. The molecule has 0 spiro atoms. The highest BCUT2D eigenvalue weighted by Gasteiger charge is 2.01. The molecule has 0 saturated carbocycles. The minimum Gasteiger partial charge on any atom is -0.504 e. The van der Waals surface area contributed by atoms with E-state index in [1.807, 2.05) is 0 Å². The second-order valence-electron chi connectivity index (χ2n) is 3.71. The average Bonchev–Trinajstić information content (AvgIpc) is 2.35. The summed E-state index contributed by atoms with van der Waals surface area (Å²) < 4.78 is 9.88. The van der Waals surface area contributed by atoms with Gasteiger partial charge in [0, 0.05) is 5.57 Å². The zero-order valence-electron chi connectivity index (χ0n) is 10.5. The molecule has 0 aliphatic carbocycles. The summed E-state index contributed by atoms with van der Waals surface area (Å²) >= 11 is 0. The van der Waals surface area contributed by atoms with Gasteiger partial charge in [-0.1, -0.05) is 18.7 Å². The van der Waals surface area contributed by atoms with Crippen LogP contribution in [0.1, 0.15) is 12.5 Å². The van der Waals surface area contributed by atoms with Crippen molar-refractivity contribution in [3.05, 3.63) is 42.0 Å². The predicted octanol–water partition coefficient (Wildman–Crippen LogP) is 2.53.